The third kappa shape index (κ3) is 4.08. The van der Waals surface area contributed by atoms with E-state index in [0.717, 1.165) is 36.9 Å². The second-order valence-corrected chi connectivity index (χ2v) is 7.36. The summed E-state index contributed by atoms with van der Waals surface area (Å²) in [4.78, 5) is 18.8. The molecule has 1 atom stereocenters. The number of nitrogens with zero attached hydrogens (tertiary/aromatic N) is 2. The fourth-order valence-corrected chi connectivity index (χ4v) is 2.78. The molecule has 0 N–H and O–H groups in total. The zero-order chi connectivity index (χ0) is 15.6. The summed E-state index contributed by atoms with van der Waals surface area (Å²) < 4.78 is 5.86. The van der Waals surface area contributed by atoms with E-state index in [9.17, 15) is 4.79 Å². The minimum atomic E-state index is -0.0880. The van der Waals surface area contributed by atoms with Gasteiger partial charge >= 0.3 is 0 Å². The van der Waals surface area contributed by atoms with Gasteiger partial charge in [-0.3, -0.25) is 4.79 Å². The first kappa shape index (κ1) is 16.1. The lowest BCUT2D eigenvalue weighted by molar-refractivity contribution is -0.132. The van der Waals surface area contributed by atoms with Gasteiger partial charge in [-0.05, 0) is 25.7 Å². The van der Waals surface area contributed by atoms with Gasteiger partial charge in [0.25, 0.3) is 0 Å². The number of carbonyl (C=O) groups is 1. The highest BCUT2D eigenvalue weighted by atomic mass is 16.4. The maximum atomic E-state index is 12.3. The number of amides is 1. The van der Waals surface area contributed by atoms with Crippen LogP contribution in [0, 0.1) is 12.8 Å². The van der Waals surface area contributed by atoms with Crippen molar-refractivity contribution in [3.8, 4) is 0 Å². The van der Waals surface area contributed by atoms with E-state index >= 15 is 0 Å². The maximum Gasteiger partial charge on any atom is 0.223 e. The highest BCUT2D eigenvalue weighted by Crippen LogP contribution is 2.25. The Kier molecular flexibility index (Phi) is 4.74. The van der Waals surface area contributed by atoms with E-state index in [-0.39, 0.29) is 11.3 Å². The molecule has 0 saturated carbocycles. The van der Waals surface area contributed by atoms with Crippen LogP contribution >= 0.6 is 0 Å². The van der Waals surface area contributed by atoms with Crippen molar-refractivity contribution in [3.05, 3.63) is 17.3 Å². The van der Waals surface area contributed by atoms with Crippen LogP contribution in [0.5, 0.6) is 0 Å². The van der Waals surface area contributed by atoms with Crippen molar-refractivity contribution in [2.75, 3.05) is 13.1 Å². The summed E-state index contributed by atoms with van der Waals surface area (Å²) in [5.41, 5.74) is 0.828. The Balaban J connectivity index is 1.93. The minimum Gasteiger partial charge on any atom is -0.445 e. The predicted molar refractivity (Wildman–Crippen MR) is 83.2 cm³/mol. The Morgan fingerprint density at radius 3 is 2.71 bits per heavy atom. The van der Waals surface area contributed by atoms with Crippen molar-refractivity contribution >= 4 is 5.91 Å². The van der Waals surface area contributed by atoms with Gasteiger partial charge in [-0.15, -0.1) is 0 Å². The van der Waals surface area contributed by atoms with Crippen LogP contribution in [0.3, 0.4) is 0 Å². The molecule has 1 aliphatic heterocycles. The summed E-state index contributed by atoms with van der Waals surface area (Å²) in [7, 11) is 0. The summed E-state index contributed by atoms with van der Waals surface area (Å²) in [6.45, 7) is 12.2. The first-order chi connectivity index (χ1) is 9.77. The smallest absolute Gasteiger partial charge is 0.223 e. The number of rotatable bonds is 3. The zero-order valence-corrected chi connectivity index (χ0v) is 14.0. The molecule has 1 aliphatic rings. The summed E-state index contributed by atoms with van der Waals surface area (Å²) in [6, 6.07) is 0. The monoisotopic (exact) mass is 292 g/mol. The van der Waals surface area contributed by atoms with Gasteiger partial charge in [0, 0.05) is 31.3 Å². The summed E-state index contributed by atoms with van der Waals surface area (Å²) in [5.74, 6) is 2.49. The van der Waals surface area contributed by atoms with Crippen LogP contribution in [0.2, 0.25) is 0 Å². The van der Waals surface area contributed by atoms with Gasteiger partial charge < -0.3 is 9.32 Å². The number of hydrogen-bond donors (Lipinski definition) is 0. The normalized spacial score (nSPS) is 19.9. The Labute approximate surface area is 127 Å². The van der Waals surface area contributed by atoms with Crippen LogP contribution in [0.4, 0.5) is 0 Å². The van der Waals surface area contributed by atoms with Crippen LogP contribution < -0.4 is 0 Å². The molecule has 1 saturated heterocycles. The molecule has 1 aromatic heterocycles. The Morgan fingerprint density at radius 1 is 1.43 bits per heavy atom. The number of hydrogen-bond acceptors (Lipinski definition) is 3. The fraction of sp³-hybridized carbons (Fsp3) is 0.765. The number of aryl methyl sites for hydroxylation is 2. The molecule has 1 fully saturated rings. The molecule has 21 heavy (non-hydrogen) atoms. The lowest BCUT2D eigenvalue weighted by Crippen LogP contribution is -2.39. The summed E-state index contributed by atoms with van der Waals surface area (Å²) in [5, 5.41) is 0. The lowest BCUT2D eigenvalue weighted by Gasteiger charge is -2.31. The average Bonchev–Trinajstić information content (AvgIpc) is 2.77. The molecule has 1 aromatic rings. The van der Waals surface area contributed by atoms with Crippen molar-refractivity contribution in [1.29, 1.82) is 0 Å². The summed E-state index contributed by atoms with van der Waals surface area (Å²) in [6.07, 6.45) is 3.54. The van der Waals surface area contributed by atoms with Crippen LogP contribution in [0.25, 0.3) is 0 Å². The van der Waals surface area contributed by atoms with Crippen molar-refractivity contribution in [2.45, 2.75) is 65.7 Å². The van der Waals surface area contributed by atoms with Crippen molar-refractivity contribution in [3.63, 3.8) is 0 Å². The first-order valence-electron chi connectivity index (χ1n) is 8.02. The fourth-order valence-electron chi connectivity index (χ4n) is 2.78. The number of carbonyl (C=O) groups excluding carboxylic acids is 1. The van der Waals surface area contributed by atoms with Crippen LogP contribution in [-0.4, -0.2) is 28.9 Å². The third-order valence-electron chi connectivity index (χ3n) is 4.11. The number of oxazole rings is 1. The van der Waals surface area contributed by atoms with Gasteiger partial charge in [0.15, 0.2) is 5.89 Å². The molecule has 2 rings (SSSR count). The highest BCUT2D eigenvalue weighted by Gasteiger charge is 2.24. The van der Waals surface area contributed by atoms with Gasteiger partial charge in [-0.2, -0.15) is 0 Å². The van der Waals surface area contributed by atoms with E-state index in [0.29, 0.717) is 18.8 Å². The SMILES string of the molecule is Cc1nc(C(C)(C)C)oc1CCC(=O)N1CCCC(C)C1. The van der Waals surface area contributed by atoms with Crippen molar-refractivity contribution in [1.82, 2.24) is 9.88 Å². The molecule has 118 valence electrons. The standard InChI is InChI=1S/C17H28N2O2/c1-12-7-6-10-19(11-12)15(20)9-8-14-13(2)18-16(21-14)17(3,4)5/h12H,6-11H2,1-5H3. The van der Waals surface area contributed by atoms with Crippen molar-refractivity contribution < 1.29 is 9.21 Å². The highest BCUT2D eigenvalue weighted by molar-refractivity contribution is 5.76. The van der Waals surface area contributed by atoms with Gasteiger partial charge in [0.05, 0.1) is 5.69 Å². The van der Waals surface area contributed by atoms with E-state index in [1.807, 2.05) is 11.8 Å². The topological polar surface area (TPSA) is 46.3 Å². The second-order valence-electron chi connectivity index (χ2n) is 7.36. The van der Waals surface area contributed by atoms with Gasteiger partial charge in [0.2, 0.25) is 5.91 Å². The second kappa shape index (κ2) is 6.20. The zero-order valence-electron chi connectivity index (χ0n) is 14.0. The molecule has 4 heteroatoms. The molecule has 1 unspecified atom stereocenters. The van der Waals surface area contributed by atoms with E-state index in [2.05, 4.69) is 32.7 Å². The van der Waals surface area contributed by atoms with Crippen molar-refractivity contribution in [2.24, 2.45) is 5.92 Å². The number of aromatic nitrogens is 1. The lowest BCUT2D eigenvalue weighted by atomic mass is 9.97. The van der Waals surface area contributed by atoms with Crippen LogP contribution in [-0.2, 0) is 16.6 Å². The van der Waals surface area contributed by atoms with E-state index in [1.54, 1.807) is 0 Å². The van der Waals surface area contributed by atoms with Crippen LogP contribution in [0.15, 0.2) is 4.42 Å². The minimum absolute atomic E-state index is 0.0880. The average molecular weight is 292 g/mol. The summed E-state index contributed by atoms with van der Waals surface area (Å²) >= 11 is 0. The molecule has 1 amide bonds. The maximum absolute atomic E-state index is 12.3. The quantitative estimate of drug-likeness (QED) is 0.857. The van der Waals surface area contributed by atoms with Gasteiger partial charge in [-0.1, -0.05) is 27.7 Å². The molecule has 0 radical (unpaired) electrons. The van der Waals surface area contributed by atoms with E-state index in [4.69, 9.17) is 4.42 Å². The molecule has 4 nitrogen and oxygen atoms in total. The molecule has 2 heterocycles. The van der Waals surface area contributed by atoms with E-state index < -0.39 is 0 Å². The third-order valence-corrected chi connectivity index (χ3v) is 4.11. The Bertz CT molecular complexity index is 499. The molecular formula is C17H28N2O2. The molecule has 0 aromatic carbocycles. The van der Waals surface area contributed by atoms with E-state index in [1.165, 1.54) is 6.42 Å². The Hall–Kier alpha value is -1.32. The number of piperidine rings is 1. The largest absolute Gasteiger partial charge is 0.445 e. The van der Waals surface area contributed by atoms with Gasteiger partial charge in [-0.25, -0.2) is 4.98 Å². The Morgan fingerprint density at radius 2 is 2.14 bits per heavy atom. The first-order valence-corrected chi connectivity index (χ1v) is 8.02. The molecule has 0 bridgehead atoms. The van der Waals surface area contributed by atoms with Gasteiger partial charge in [0.1, 0.15) is 5.76 Å². The molecule has 0 aliphatic carbocycles. The predicted octanol–water partition coefficient (Wildman–Crippen LogP) is 3.47. The number of likely N-dealkylation sites (tertiary alicyclic amines) is 1. The van der Waals surface area contributed by atoms with Crippen LogP contribution in [0.1, 0.15) is 64.3 Å². The molecular weight excluding hydrogens is 264 g/mol. The molecule has 0 spiro atoms.